The standard InChI is InChI=1S/C15H24N4O4/c1-2-12(20)11-17-7-9-18(10-8-17)13(21)3-5-19-6-4-16-14(22)15(19)23/h4,6,12,20H,2-3,5,7-11H2,1H3,(H,16,22). The first-order valence-corrected chi connectivity index (χ1v) is 7.97. The number of aliphatic hydroxyl groups excluding tert-OH is 1. The lowest BCUT2D eigenvalue weighted by Crippen LogP contribution is -2.50. The van der Waals surface area contributed by atoms with Crippen molar-refractivity contribution in [1.82, 2.24) is 19.4 Å². The lowest BCUT2D eigenvalue weighted by molar-refractivity contribution is -0.133. The summed E-state index contributed by atoms with van der Waals surface area (Å²) in [6.07, 6.45) is 3.47. The van der Waals surface area contributed by atoms with Gasteiger partial charge in [0.25, 0.3) is 0 Å². The second-order valence-electron chi connectivity index (χ2n) is 5.78. The number of nitrogens with one attached hydrogen (secondary N) is 1. The summed E-state index contributed by atoms with van der Waals surface area (Å²) in [6.45, 7) is 5.53. The van der Waals surface area contributed by atoms with Crippen molar-refractivity contribution in [2.24, 2.45) is 0 Å². The van der Waals surface area contributed by atoms with Crippen LogP contribution in [0.3, 0.4) is 0 Å². The zero-order chi connectivity index (χ0) is 16.8. The number of carbonyl (C=O) groups excluding carboxylic acids is 1. The van der Waals surface area contributed by atoms with Crippen LogP contribution < -0.4 is 11.1 Å². The minimum atomic E-state index is -0.678. The van der Waals surface area contributed by atoms with Gasteiger partial charge in [-0.25, -0.2) is 0 Å². The van der Waals surface area contributed by atoms with Gasteiger partial charge in [-0.2, -0.15) is 0 Å². The third kappa shape index (κ3) is 4.77. The van der Waals surface area contributed by atoms with E-state index in [0.717, 1.165) is 19.5 Å². The number of β-amino-alcohol motifs (C(OH)–C–C–N with tert-alkyl or cyclic N) is 1. The second kappa shape index (κ2) is 8.07. The molecule has 8 heteroatoms. The third-order valence-corrected chi connectivity index (χ3v) is 4.16. The van der Waals surface area contributed by atoms with Gasteiger partial charge in [-0.1, -0.05) is 6.92 Å². The molecule has 1 unspecified atom stereocenters. The predicted octanol–water partition coefficient (Wildman–Crippen LogP) is -1.16. The minimum Gasteiger partial charge on any atom is -0.392 e. The first-order valence-electron chi connectivity index (χ1n) is 7.97. The molecular weight excluding hydrogens is 300 g/mol. The Balaban J connectivity index is 1.80. The van der Waals surface area contributed by atoms with Gasteiger partial charge in [0.1, 0.15) is 0 Å². The maximum Gasteiger partial charge on any atom is 0.316 e. The molecule has 1 aliphatic heterocycles. The van der Waals surface area contributed by atoms with Gasteiger partial charge in [0.2, 0.25) is 5.91 Å². The summed E-state index contributed by atoms with van der Waals surface area (Å²) in [7, 11) is 0. The van der Waals surface area contributed by atoms with Gasteiger partial charge in [0.05, 0.1) is 6.10 Å². The van der Waals surface area contributed by atoms with Crippen molar-refractivity contribution in [3.05, 3.63) is 33.1 Å². The van der Waals surface area contributed by atoms with Crippen molar-refractivity contribution in [2.45, 2.75) is 32.4 Å². The van der Waals surface area contributed by atoms with Gasteiger partial charge in [0.15, 0.2) is 0 Å². The van der Waals surface area contributed by atoms with Crippen LogP contribution in [0, 0.1) is 0 Å². The first kappa shape index (κ1) is 17.4. The molecule has 2 rings (SSSR count). The van der Waals surface area contributed by atoms with E-state index in [9.17, 15) is 19.5 Å². The number of hydrogen-bond donors (Lipinski definition) is 2. The summed E-state index contributed by atoms with van der Waals surface area (Å²) in [5.74, 6) is -0.0205. The van der Waals surface area contributed by atoms with E-state index in [1.165, 1.54) is 17.0 Å². The largest absolute Gasteiger partial charge is 0.392 e. The van der Waals surface area contributed by atoms with Crippen LogP contribution in [0.25, 0.3) is 0 Å². The monoisotopic (exact) mass is 324 g/mol. The molecule has 23 heavy (non-hydrogen) atoms. The van der Waals surface area contributed by atoms with Crippen LogP contribution in [-0.2, 0) is 11.3 Å². The Hall–Kier alpha value is -1.93. The lowest BCUT2D eigenvalue weighted by Gasteiger charge is -2.35. The van der Waals surface area contributed by atoms with E-state index < -0.39 is 11.1 Å². The fourth-order valence-corrected chi connectivity index (χ4v) is 2.62. The lowest BCUT2D eigenvalue weighted by atomic mass is 10.2. The summed E-state index contributed by atoms with van der Waals surface area (Å²) in [5, 5.41) is 9.66. The average Bonchev–Trinajstić information content (AvgIpc) is 2.56. The van der Waals surface area contributed by atoms with E-state index in [2.05, 4.69) is 9.88 Å². The molecule has 1 amide bonds. The third-order valence-electron chi connectivity index (χ3n) is 4.16. The molecule has 1 aromatic heterocycles. The Kier molecular flexibility index (Phi) is 6.12. The first-order chi connectivity index (χ1) is 11.0. The maximum atomic E-state index is 12.2. The quantitative estimate of drug-likeness (QED) is 0.643. The SMILES string of the molecule is CCC(O)CN1CCN(C(=O)CCn2cc[nH]c(=O)c2=O)CC1. The van der Waals surface area contributed by atoms with Gasteiger partial charge in [-0.15, -0.1) is 0 Å². The molecule has 0 aliphatic carbocycles. The molecule has 0 spiro atoms. The Morgan fingerprint density at radius 2 is 2.00 bits per heavy atom. The topological polar surface area (TPSA) is 98.6 Å². The Morgan fingerprint density at radius 3 is 2.65 bits per heavy atom. The van der Waals surface area contributed by atoms with Crippen LogP contribution in [0.5, 0.6) is 0 Å². The number of carbonyl (C=O) groups is 1. The number of aliphatic hydroxyl groups is 1. The van der Waals surface area contributed by atoms with Gasteiger partial charge < -0.3 is 19.6 Å². The zero-order valence-corrected chi connectivity index (χ0v) is 13.4. The van der Waals surface area contributed by atoms with Gasteiger partial charge in [0, 0.05) is 58.1 Å². The predicted molar refractivity (Wildman–Crippen MR) is 85.3 cm³/mol. The van der Waals surface area contributed by atoms with Gasteiger partial charge in [-0.05, 0) is 6.42 Å². The molecule has 2 heterocycles. The van der Waals surface area contributed by atoms with Crippen LogP contribution in [0.15, 0.2) is 22.0 Å². The van der Waals surface area contributed by atoms with E-state index in [0.29, 0.717) is 19.6 Å². The van der Waals surface area contributed by atoms with Crippen molar-refractivity contribution >= 4 is 5.91 Å². The summed E-state index contributed by atoms with van der Waals surface area (Å²) in [4.78, 5) is 41.3. The molecule has 0 aromatic carbocycles. The summed E-state index contributed by atoms with van der Waals surface area (Å²) in [6, 6.07) is 0. The Labute approximate surface area is 134 Å². The summed E-state index contributed by atoms with van der Waals surface area (Å²) >= 11 is 0. The van der Waals surface area contributed by atoms with Crippen LogP contribution in [0.4, 0.5) is 0 Å². The number of aromatic amines is 1. The van der Waals surface area contributed by atoms with Gasteiger partial charge in [-0.3, -0.25) is 19.3 Å². The van der Waals surface area contributed by atoms with Crippen molar-refractivity contribution in [1.29, 1.82) is 0 Å². The molecule has 1 aliphatic rings. The average molecular weight is 324 g/mol. The molecular formula is C15H24N4O4. The van der Waals surface area contributed by atoms with Crippen molar-refractivity contribution < 1.29 is 9.90 Å². The molecule has 1 atom stereocenters. The van der Waals surface area contributed by atoms with Crippen LogP contribution in [0.1, 0.15) is 19.8 Å². The molecule has 0 radical (unpaired) electrons. The van der Waals surface area contributed by atoms with Crippen molar-refractivity contribution in [3.8, 4) is 0 Å². The fourth-order valence-electron chi connectivity index (χ4n) is 2.62. The smallest absolute Gasteiger partial charge is 0.316 e. The molecule has 2 N–H and O–H groups in total. The van der Waals surface area contributed by atoms with E-state index in [4.69, 9.17) is 0 Å². The number of aromatic nitrogens is 2. The summed E-state index contributed by atoms with van der Waals surface area (Å²) in [5.41, 5.74) is -1.32. The van der Waals surface area contributed by atoms with E-state index in [1.54, 1.807) is 4.90 Å². The number of H-pyrrole nitrogens is 1. The highest BCUT2D eigenvalue weighted by atomic mass is 16.3. The number of hydrogen-bond acceptors (Lipinski definition) is 5. The molecule has 128 valence electrons. The van der Waals surface area contributed by atoms with Crippen LogP contribution in [0.2, 0.25) is 0 Å². The highest BCUT2D eigenvalue weighted by molar-refractivity contribution is 5.76. The van der Waals surface area contributed by atoms with E-state index >= 15 is 0 Å². The Morgan fingerprint density at radius 1 is 1.30 bits per heavy atom. The van der Waals surface area contributed by atoms with E-state index in [1.807, 2.05) is 6.92 Å². The highest BCUT2D eigenvalue weighted by Gasteiger charge is 2.22. The minimum absolute atomic E-state index is 0.0205. The highest BCUT2D eigenvalue weighted by Crippen LogP contribution is 2.06. The van der Waals surface area contributed by atoms with Crippen LogP contribution >= 0.6 is 0 Å². The molecule has 1 saturated heterocycles. The maximum absolute atomic E-state index is 12.2. The molecule has 1 fully saturated rings. The molecule has 0 saturated carbocycles. The van der Waals surface area contributed by atoms with E-state index in [-0.39, 0.29) is 25.0 Å². The number of nitrogens with zero attached hydrogens (tertiary/aromatic N) is 3. The van der Waals surface area contributed by atoms with Crippen LogP contribution in [-0.4, -0.2) is 69.2 Å². The van der Waals surface area contributed by atoms with Gasteiger partial charge >= 0.3 is 11.1 Å². The molecule has 1 aromatic rings. The van der Waals surface area contributed by atoms with Crippen molar-refractivity contribution in [3.63, 3.8) is 0 Å². The number of amides is 1. The molecule has 0 bridgehead atoms. The van der Waals surface area contributed by atoms with Crippen molar-refractivity contribution in [2.75, 3.05) is 32.7 Å². The second-order valence-corrected chi connectivity index (χ2v) is 5.78. The normalized spacial score (nSPS) is 17.2. The summed E-state index contributed by atoms with van der Waals surface area (Å²) < 4.78 is 1.25. The molecule has 8 nitrogen and oxygen atoms in total. The number of piperazine rings is 1. The number of rotatable bonds is 6. The number of aryl methyl sites for hydroxylation is 1. The fraction of sp³-hybridized carbons (Fsp3) is 0.667. The Bertz CT molecular complexity index is 631. The zero-order valence-electron chi connectivity index (χ0n) is 13.4.